The summed E-state index contributed by atoms with van der Waals surface area (Å²) in [6.07, 6.45) is 0.273. The zero-order chi connectivity index (χ0) is 11.5. The van der Waals surface area contributed by atoms with Gasteiger partial charge in [-0.25, -0.2) is 0 Å². The highest BCUT2D eigenvalue weighted by molar-refractivity contribution is 6.70. The molecule has 0 fully saturated rings. The first kappa shape index (κ1) is 12.3. The van der Waals surface area contributed by atoms with Crippen molar-refractivity contribution in [1.82, 2.24) is 0 Å². The molecule has 0 unspecified atom stereocenters. The molecule has 0 N–H and O–H groups in total. The van der Waals surface area contributed by atoms with Crippen molar-refractivity contribution in [3.05, 3.63) is 29.8 Å². The minimum Gasteiger partial charge on any atom is -0.544 e. The van der Waals surface area contributed by atoms with Crippen molar-refractivity contribution in [2.24, 2.45) is 0 Å². The van der Waals surface area contributed by atoms with Crippen LogP contribution in [-0.2, 0) is 11.2 Å². The van der Waals surface area contributed by atoms with E-state index in [-0.39, 0.29) is 11.7 Å². The van der Waals surface area contributed by atoms with E-state index >= 15 is 0 Å². The maximum absolute atomic E-state index is 10.7. The van der Waals surface area contributed by atoms with Crippen LogP contribution in [0.3, 0.4) is 0 Å². The first-order chi connectivity index (χ1) is 6.87. The molecule has 4 heteroatoms. The van der Waals surface area contributed by atoms with Gasteiger partial charge in [-0.1, -0.05) is 12.1 Å². The molecule has 0 amide bonds. The van der Waals surface area contributed by atoms with Gasteiger partial charge in [-0.05, 0) is 48.9 Å². The smallest absolute Gasteiger partial charge is 0.242 e. The van der Waals surface area contributed by atoms with Crippen LogP contribution >= 0.6 is 11.6 Å². The summed E-state index contributed by atoms with van der Waals surface area (Å²) in [6.45, 7) is 6.38. The van der Waals surface area contributed by atoms with Gasteiger partial charge in [0.1, 0.15) is 5.75 Å². The van der Waals surface area contributed by atoms with Crippen molar-refractivity contribution in [3.63, 3.8) is 0 Å². The van der Waals surface area contributed by atoms with E-state index in [4.69, 9.17) is 16.0 Å². The van der Waals surface area contributed by atoms with Crippen LogP contribution in [0.2, 0.25) is 19.6 Å². The van der Waals surface area contributed by atoms with Crippen molar-refractivity contribution in [2.75, 3.05) is 0 Å². The molecule has 1 rings (SSSR count). The predicted molar refractivity (Wildman–Crippen MR) is 65.0 cm³/mol. The van der Waals surface area contributed by atoms with Gasteiger partial charge in [0.2, 0.25) is 13.6 Å². The monoisotopic (exact) mass is 242 g/mol. The molecule has 0 saturated heterocycles. The Labute approximate surface area is 96.3 Å². The average molecular weight is 243 g/mol. The Kier molecular flexibility index (Phi) is 3.94. The van der Waals surface area contributed by atoms with E-state index in [1.165, 1.54) is 0 Å². The quantitative estimate of drug-likeness (QED) is 0.599. The molecule has 1 aromatic rings. The fraction of sp³-hybridized carbons (Fsp3) is 0.364. The molecule has 15 heavy (non-hydrogen) atoms. The number of benzene rings is 1. The lowest BCUT2D eigenvalue weighted by Crippen LogP contribution is -2.29. The van der Waals surface area contributed by atoms with Crippen molar-refractivity contribution < 1.29 is 9.22 Å². The third-order valence-corrected chi connectivity index (χ3v) is 2.67. The van der Waals surface area contributed by atoms with Crippen molar-refractivity contribution in [2.45, 2.75) is 26.1 Å². The third kappa shape index (κ3) is 5.00. The van der Waals surface area contributed by atoms with Gasteiger partial charge in [0, 0.05) is 6.42 Å². The zero-order valence-electron chi connectivity index (χ0n) is 9.21. The van der Waals surface area contributed by atoms with E-state index in [1.807, 2.05) is 24.3 Å². The van der Waals surface area contributed by atoms with E-state index in [9.17, 15) is 4.79 Å². The molecule has 0 aliphatic rings. The second kappa shape index (κ2) is 4.81. The van der Waals surface area contributed by atoms with Crippen LogP contribution in [0.15, 0.2) is 24.3 Å². The predicted octanol–water partition coefficient (Wildman–Crippen LogP) is 3.21. The maximum Gasteiger partial charge on any atom is 0.242 e. The van der Waals surface area contributed by atoms with Crippen LogP contribution in [-0.4, -0.2) is 13.6 Å². The topological polar surface area (TPSA) is 26.3 Å². The lowest BCUT2D eigenvalue weighted by atomic mass is 10.2. The van der Waals surface area contributed by atoms with Gasteiger partial charge in [0.25, 0.3) is 0 Å². The van der Waals surface area contributed by atoms with Gasteiger partial charge in [-0.3, -0.25) is 4.79 Å². The lowest BCUT2D eigenvalue weighted by Gasteiger charge is -2.19. The second-order valence-electron chi connectivity index (χ2n) is 4.39. The Morgan fingerprint density at radius 2 is 1.80 bits per heavy atom. The molecular formula is C11H15ClO2Si. The van der Waals surface area contributed by atoms with E-state index in [0.717, 1.165) is 11.3 Å². The lowest BCUT2D eigenvalue weighted by molar-refractivity contribution is -0.111. The van der Waals surface area contributed by atoms with E-state index in [2.05, 4.69) is 19.6 Å². The number of hydrogen-bond acceptors (Lipinski definition) is 2. The van der Waals surface area contributed by atoms with E-state index in [0.29, 0.717) is 0 Å². The van der Waals surface area contributed by atoms with Gasteiger partial charge in [0.05, 0.1) is 0 Å². The summed E-state index contributed by atoms with van der Waals surface area (Å²) in [4.78, 5) is 10.7. The SMILES string of the molecule is C[Si](C)(C)Oc1ccc(CC(=O)Cl)cc1. The Morgan fingerprint density at radius 3 is 2.20 bits per heavy atom. The van der Waals surface area contributed by atoms with Gasteiger partial charge >= 0.3 is 0 Å². The van der Waals surface area contributed by atoms with Crippen LogP contribution in [0.1, 0.15) is 5.56 Å². The Bertz CT molecular complexity index is 341. The van der Waals surface area contributed by atoms with E-state index in [1.54, 1.807) is 0 Å². The number of rotatable bonds is 4. The number of hydrogen-bond donors (Lipinski definition) is 0. The largest absolute Gasteiger partial charge is 0.544 e. The number of halogens is 1. The van der Waals surface area contributed by atoms with Gasteiger partial charge < -0.3 is 4.43 Å². The summed E-state index contributed by atoms with van der Waals surface area (Å²) in [5.74, 6) is 0.861. The third-order valence-electron chi connectivity index (χ3n) is 1.69. The molecule has 0 aliphatic carbocycles. The summed E-state index contributed by atoms with van der Waals surface area (Å²) in [5.41, 5.74) is 0.915. The molecular weight excluding hydrogens is 228 g/mol. The minimum absolute atomic E-state index is 0.273. The molecule has 0 aromatic heterocycles. The standard InChI is InChI=1S/C11H15ClO2Si/c1-15(2,3)14-10-6-4-9(5-7-10)8-11(12)13/h4-7H,8H2,1-3H3. The zero-order valence-corrected chi connectivity index (χ0v) is 11.0. The van der Waals surface area contributed by atoms with E-state index < -0.39 is 8.32 Å². The normalized spacial score (nSPS) is 11.2. The van der Waals surface area contributed by atoms with Crippen LogP contribution in [0.5, 0.6) is 5.75 Å². The van der Waals surface area contributed by atoms with Crippen LogP contribution in [0, 0.1) is 0 Å². The first-order valence-corrected chi connectivity index (χ1v) is 8.62. The summed E-state index contributed by atoms with van der Waals surface area (Å²) < 4.78 is 5.78. The van der Waals surface area contributed by atoms with Crippen molar-refractivity contribution in [1.29, 1.82) is 0 Å². The summed E-state index contributed by atoms with van der Waals surface area (Å²) in [7, 11) is -1.54. The fourth-order valence-corrected chi connectivity index (χ4v) is 2.19. The molecule has 0 bridgehead atoms. The number of carbonyl (C=O) groups excluding carboxylic acids is 1. The Morgan fingerprint density at radius 1 is 1.27 bits per heavy atom. The highest BCUT2D eigenvalue weighted by Gasteiger charge is 2.15. The van der Waals surface area contributed by atoms with Crippen molar-refractivity contribution in [3.8, 4) is 5.75 Å². The summed E-state index contributed by atoms with van der Waals surface area (Å²) in [6, 6.07) is 7.51. The molecule has 0 saturated carbocycles. The molecule has 0 atom stereocenters. The molecule has 0 heterocycles. The molecule has 0 radical (unpaired) electrons. The first-order valence-electron chi connectivity index (χ1n) is 4.83. The number of carbonyl (C=O) groups is 1. The highest BCUT2D eigenvalue weighted by atomic mass is 35.5. The Balaban J connectivity index is 2.68. The molecule has 0 aliphatic heterocycles. The fourth-order valence-electron chi connectivity index (χ4n) is 1.19. The highest BCUT2D eigenvalue weighted by Crippen LogP contribution is 2.17. The van der Waals surface area contributed by atoms with Crippen LogP contribution in [0.25, 0.3) is 0 Å². The molecule has 2 nitrogen and oxygen atoms in total. The Hall–Kier alpha value is -0.803. The van der Waals surface area contributed by atoms with Gasteiger partial charge in [-0.2, -0.15) is 0 Å². The molecule has 1 aromatic carbocycles. The second-order valence-corrected chi connectivity index (χ2v) is 9.24. The van der Waals surface area contributed by atoms with Crippen LogP contribution in [0.4, 0.5) is 0 Å². The molecule has 82 valence electrons. The van der Waals surface area contributed by atoms with Crippen LogP contribution < -0.4 is 4.43 Å². The van der Waals surface area contributed by atoms with Crippen molar-refractivity contribution >= 4 is 25.2 Å². The van der Waals surface area contributed by atoms with Gasteiger partial charge in [-0.15, -0.1) is 0 Å². The summed E-state index contributed by atoms with van der Waals surface area (Å²) >= 11 is 5.30. The minimum atomic E-state index is -1.54. The summed E-state index contributed by atoms with van der Waals surface area (Å²) in [5, 5.41) is -0.339. The maximum atomic E-state index is 10.7. The average Bonchev–Trinajstić information content (AvgIpc) is 2.05. The van der Waals surface area contributed by atoms with Gasteiger partial charge in [0.15, 0.2) is 0 Å². The molecule has 0 spiro atoms.